The zero-order valence-electron chi connectivity index (χ0n) is 14.5. The number of aliphatic carboxylic acids is 1. The number of nitrogens with one attached hydrogen (secondary N) is 1. The maximum atomic E-state index is 12.6. The molecule has 0 bridgehead atoms. The van der Waals surface area contributed by atoms with E-state index in [0.717, 1.165) is 5.56 Å². The minimum Gasteiger partial charge on any atom is -0.493 e. The van der Waals surface area contributed by atoms with Gasteiger partial charge in [0.05, 0.1) is 25.6 Å². The number of benzene rings is 1. The van der Waals surface area contributed by atoms with Crippen LogP contribution in [0.2, 0.25) is 0 Å². The number of methoxy groups -OCH3 is 2. The zero-order chi connectivity index (χ0) is 17.8. The fraction of sp³-hybridized carbons (Fsp3) is 0.529. The first-order valence-electron chi connectivity index (χ1n) is 7.41. The quantitative estimate of drug-likeness (QED) is 0.803. The van der Waals surface area contributed by atoms with Crippen LogP contribution in [0.25, 0.3) is 0 Å². The highest BCUT2D eigenvalue weighted by molar-refractivity contribution is 5.88. The van der Waals surface area contributed by atoms with Crippen molar-refractivity contribution in [3.63, 3.8) is 0 Å². The molecule has 0 radical (unpaired) electrons. The summed E-state index contributed by atoms with van der Waals surface area (Å²) in [7, 11) is 3.08. The van der Waals surface area contributed by atoms with Gasteiger partial charge in [-0.25, -0.2) is 0 Å². The molecule has 0 aliphatic heterocycles. The molecule has 0 heterocycles. The first kappa shape index (κ1) is 18.8. The molecule has 2 N–H and O–H groups in total. The maximum Gasteiger partial charge on any atom is 0.308 e. The molecule has 0 saturated heterocycles. The lowest BCUT2D eigenvalue weighted by molar-refractivity contribution is -0.142. The third-order valence-electron chi connectivity index (χ3n) is 4.17. The van der Waals surface area contributed by atoms with E-state index < -0.39 is 23.3 Å². The van der Waals surface area contributed by atoms with Crippen molar-refractivity contribution in [1.82, 2.24) is 5.32 Å². The Balaban J connectivity index is 3.01. The van der Waals surface area contributed by atoms with E-state index in [1.807, 2.05) is 0 Å². The summed E-state index contributed by atoms with van der Waals surface area (Å²) in [4.78, 5) is 23.6. The van der Waals surface area contributed by atoms with Crippen LogP contribution in [0.4, 0.5) is 0 Å². The van der Waals surface area contributed by atoms with Gasteiger partial charge in [0.15, 0.2) is 11.5 Å². The van der Waals surface area contributed by atoms with E-state index in [-0.39, 0.29) is 5.91 Å². The summed E-state index contributed by atoms with van der Waals surface area (Å²) in [6.45, 7) is 6.81. The fourth-order valence-electron chi connectivity index (χ4n) is 2.08. The smallest absolute Gasteiger partial charge is 0.308 e. The topological polar surface area (TPSA) is 84.9 Å². The lowest BCUT2D eigenvalue weighted by Gasteiger charge is -2.28. The second-order valence-corrected chi connectivity index (χ2v) is 6.08. The van der Waals surface area contributed by atoms with Crippen molar-refractivity contribution in [3.05, 3.63) is 23.8 Å². The van der Waals surface area contributed by atoms with Crippen molar-refractivity contribution < 1.29 is 24.2 Å². The van der Waals surface area contributed by atoms with Crippen LogP contribution < -0.4 is 14.8 Å². The molecule has 23 heavy (non-hydrogen) atoms. The van der Waals surface area contributed by atoms with Gasteiger partial charge in [-0.15, -0.1) is 0 Å². The van der Waals surface area contributed by atoms with Crippen molar-refractivity contribution in [2.45, 2.75) is 39.2 Å². The van der Waals surface area contributed by atoms with Gasteiger partial charge in [0.1, 0.15) is 0 Å². The predicted molar refractivity (Wildman–Crippen MR) is 87.0 cm³/mol. The summed E-state index contributed by atoms with van der Waals surface area (Å²) in [6.07, 6.45) is 0. The number of carbonyl (C=O) groups is 2. The second-order valence-electron chi connectivity index (χ2n) is 6.08. The number of amides is 1. The summed E-state index contributed by atoms with van der Waals surface area (Å²) in [6, 6.07) is 4.82. The molecule has 0 fully saturated rings. The summed E-state index contributed by atoms with van der Waals surface area (Å²) in [5.74, 6) is -0.731. The molecule has 0 aromatic heterocycles. The molecule has 2 unspecified atom stereocenters. The third-order valence-corrected chi connectivity index (χ3v) is 4.17. The van der Waals surface area contributed by atoms with Crippen LogP contribution in [0.1, 0.15) is 33.3 Å². The van der Waals surface area contributed by atoms with Gasteiger partial charge >= 0.3 is 5.97 Å². The van der Waals surface area contributed by atoms with Crippen LogP contribution in [0.3, 0.4) is 0 Å². The Labute approximate surface area is 136 Å². The van der Waals surface area contributed by atoms with Gasteiger partial charge in [-0.05, 0) is 45.4 Å². The maximum absolute atomic E-state index is 12.6. The number of carboxylic acids is 1. The Kier molecular flexibility index (Phi) is 6.01. The van der Waals surface area contributed by atoms with Crippen molar-refractivity contribution in [1.29, 1.82) is 0 Å². The highest BCUT2D eigenvalue weighted by atomic mass is 16.5. The lowest BCUT2D eigenvalue weighted by Crippen LogP contribution is -2.47. The predicted octanol–water partition coefficient (Wildman–Crippen LogP) is 2.21. The molecule has 1 rings (SSSR count). The van der Waals surface area contributed by atoms with Gasteiger partial charge in [0.2, 0.25) is 5.91 Å². The standard InChI is InChI=1S/C17H25NO5/c1-10(15(19)20)11(2)18-16(21)17(3,4)12-7-8-13(22-5)14(9-12)23-6/h7-11H,1-6H3,(H,18,21)(H,19,20). The SMILES string of the molecule is COc1ccc(C(C)(C)C(=O)NC(C)C(C)C(=O)O)cc1OC. The first-order chi connectivity index (χ1) is 10.6. The number of ether oxygens (including phenoxy) is 2. The summed E-state index contributed by atoms with van der Waals surface area (Å²) >= 11 is 0. The largest absolute Gasteiger partial charge is 0.493 e. The summed E-state index contributed by atoms with van der Waals surface area (Å²) in [5, 5.41) is 11.8. The minimum absolute atomic E-state index is 0.245. The van der Waals surface area contributed by atoms with Gasteiger partial charge in [-0.1, -0.05) is 6.07 Å². The number of hydrogen-bond acceptors (Lipinski definition) is 4. The average molecular weight is 323 g/mol. The Bertz CT molecular complexity index is 582. The molecule has 0 aliphatic carbocycles. The number of rotatable bonds is 7. The first-order valence-corrected chi connectivity index (χ1v) is 7.41. The highest BCUT2D eigenvalue weighted by Crippen LogP contribution is 2.33. The van der Waals surface area contributed by atoms with Crippen molar-refractivity contribution in [2.24, 2.45) is 5.92 Å². The Morgan fingerprint density at radius 2 is 1.70 bits per heavy atom. The van der Waals surface area contributed by atoms with Gasteiger partial charge < -0.3 is 19.9 Å². The minimum atomic E-state index is -0.943. The molecule has 0 aliphatic rings. The zero-order valence-corrected chi connectivity index (χ0v) is 14.5. The molecular formula is C17H25NO5. The number of carbonyl (C=O) groups excluding carboxylic acids is 1. The normalized spacial score (nSPS) is 13.8. The van der Waals surface area contributed by atoms with Crippen LogP contribution in [0, 0.1) is 5.92 Å². The fourth-order valence-corrected chi connectivity index (χ4v) is 2.08. The van der Waals surface area contributed by atoms with Crippen LogP contribution in [0.15, 0.2) is 18.2 Å². The van der Waals surface area contributed by atoms with Crippen molar-refractivity contribution in [3.8, 4) is 11.5 Å². The molecule has 6 heteroatoms. The van der Waals surface area contributed by atoms with Crippen LogP contribution in [-0.4, -0.2) is 37.2 Å². The van der Waals surface area contributed by atoms with E-state index in [4.69, 9.17) is 14.6 Å². The molecule has 128 valence electrons. The van der Waals surface area contributed by atoms with Gasteiger partial charge in [0.25, 0.3) is 0 Å². The molecule has 1 amide bonds. The van der Waals surface area contributed by atoms with E-state index in [9.17, 15) is 9.59 Å². The van der Waals surface area contributed by atoms with Crippen LogP contribution in [0.5, 0.6) is 11.5 Å². The highest BCUT2D eigenvalue weighted by Gasteiger charge is 2.33. The monoisotopic (exact) mass is 323 g/mol. The van der Waals surface area contributed by atoms with E-state index in [2.05, 4.69) is 5.32 Å². The molecule has 0 spiro atoms. The Morgan fingerprint density at radius 3 is 2.17 bits per heavy atom. The van der Waals surface area contributed by atoms with Crippen molar-refractivity contribution in [2.75, 3.05) is 14.2 Å². The van der Waals surface area contributed by atoms with Gasteiger partial charge in [-0.3, -0.25) is 9.59 Å². The molecule has 6 nitrogen and oxygen atoms in total. The average Bonchev–Trinajstić information content (AvgIpc) is 2.52. The molecule has 1 aromatic carbocycles. The van der Waals surface area contributed by atoms with E-state index in [1.54, 1.807) is 53.0 Å². The Hall–Kier alpha value is -2.24. The second kappa shape index (κ2) is 7.35. The van der Waals surface area contributed by atoms with Gasteiger partial charge in [-0.2, -0.15) is 0 Å². The number of hydrogen-bond donors (Lipinski definition) is 2. The molecular weight excluding hydrogens is 298 g/mol. The van der Waals surface area contributed by atoms with E-state index in [1.165, 1.54) is 7.11 Å². The van der Waals surface area contributed by atoms with Gasteiger partial charge in [0, 0.05) is 6.04 Å². The molecule has 1 aromatic rings. The molecule has 2 atom stereocenters. The van der Waals surface area contributed by atoms with Crippen LogP contribution in [-0.2, 0) is 15.0 Å². The van der Waals surface area contributed by atoms with Crippen molar-refractivity contribution >= 4 is 11.9 Å². The summed E-state index contributed by atoms with van der Waals surface area (Å²) in [5.41, 5.74) is -0.0886. The van der Waals surface area contributed by atoms with Crippen LogP contribution >= 0.6 is 0 Å². The number of carboxylic acid groups (broad SMARTS) is 1. The van der Waals surface area contributed by atoms with E-state index >= 15 is 0 Å². The Morgan fingerprint density at radius 1 is 1.13 bits per heavy atom. The van der Waals surface area contributed by atoms with E-state index in [0.29, 0.717) is 11.5 Å². The lowest BCUT2D eigenvalue weighted by atomic mass is 9.83. The third kappa shape index (κ3) is 4.15. The molecule has 0 saturated carbocycles. The summed E-state index contributed by atoms with van der Waals surface area (Å²) < 4.78 is 10.5.